The van der Waals surface area contributed by atoms with Crippen LogP contribution in [0.15, 0.2) is 29.6 Å². The van der Waals surface area contributed by atoms with E-state index in [2.05, 4.69) is 17.5 Å². The fourth-order valence-electron chi connectivity index (χ4n) is 1.44. The highest BCUT2D eigenvalue weighted by Gasteiger charge is 2.23. The second-order valence-corrected chi connectivity index (χ2v) is 4.30. The standard InChI is InChI=1S/C11H10O2S/c1-2-10(13-7-8-6-12-8)9-4-5-14-11(9)3-1/h1-5,8H,6-7H2. The summed E-state index contributed by atoms with van der Waals surface area (Å²) in [5.74, 6) is 0.972. The van der Waals surface area contributed by atoms with Crippen LogP contribution in [0.3, 0.4) is 0 Å². The van der Waals surface area contributed by atoms with E-state index < -0.39 is 0 Å². The Morgan fingerprint density at radius 2 is 2.36 bits per heavy atom. The summed E-state index contributed by atoms with van der Waals surface area (Å²) in [6, 6.07) is 8.25. The maximum Gasteiger partial charge on any atom is 0.128 e. The summed E-state index contributed by atoms with van der Waals surface area (Å²) in [7, 11) is 0. The van der Waals surface area contributed by atoms with E-state index in [0.717, 1.165) is 12.4 Å². The van der Waals surface area contributed by atoms with Crippen LogP contribution in [0.1, 0.15) is 0 Å². The Morgan fingerprint density at radius 1 is 1.43 bits per heavy atom. The van der Waals surface area contributed by atoms with Crippen LogP contribution in [0.5, 0.6) is 5.75 Å². The second kappa shape index (κ2) is 3.26. The molecule has 0 bridgehead atoms. The molecule has 3 rings (SSSR count). The summed E-state index contributed by atoms with van der Waals surface area (Å²) in [6.45, 7) is 1.52. The molecule has 2 aromatic rings. The van der Waals surface area contributed by atoms with Gasteiger partial charge in [-0.2, -0.15) is 0 Å². The van der Waals surface area contributed by atoms with Gasteiger partial charge in [0.2, 0.25) is 0 Å². The van der Waals surface area contributed by atoms with Crippen LogP contribution in [-0.4, -0.2) is 19.3 Å². The number of rotatable bonds is 3. The van der Waals surface area contributed by atoms with Crippen LogP contribution < -0.4 is 4.74 Å². The van der Waals surface area contributed by atoms with Gasteiger partial charge in [-0.15, -0.1) is 11.3 Å². The van der Waals surface area contributed by atoms with Crippen LogP contribution in [0.25, 0.3) is 10.1 Å². The maximum atomic E-state index is 5.68. The molecule has 0 radical (unpaired) electrons. The van der Waals surface area contributed by atoms with Crippen molar-refractivity contribution in [2.24, 2.45) is 0 Å². The lowest BCUT2D eigenvalue weighted by atomic mass is 10.2. The first-order valence-corrected chi connectivity index (χ1v) is 5.52. The van der Waals surface area contributed by atoms with Crippen molar-refractivity contribution >= 4 is 21.4 Å². The number of ether oxygens (including phenoxy) is 2. The highest BCUT2D eigenvalue weighted by Crippen LogP contribution is 2.29. The number of epoxide rings is 1. The Bertz CT molecular complexity index is 445. The van der Waals surface area contributed by atoms with Gasteiger partial charge >= 0.3 is 0 Å². The molecule has 0 N–H and O–H groups in total. The van der Waals surface area contributed by atoms with Crippen LogP contribution in [0, 0.1) is 0 Å². The Labute approximate surface area is 86.1 Å². The van der Waals surface area contributed by atoms with Crippen molar-refractivity contribution in [3.8, 4) is 5.75 Å². The molecule has 1 aliphatic rings. The van der Waals surface area contributed by atoms with Crippen molar-refractivity contribution < 1.29 is 9.47 Å². The molecule has 2 nitrogen and oxygen atoms in total. The molecule has 1 fully saturated rings. The number of thiophene rings is 1. The fraction of sp³-hybridized carbons (Fsp3) is 0.273. The van der Waals surface area contributed by atoms with Gasteiger partial charge < -0.3 is 9.47 Å². The first kappa shape index (κ1) is 8.26. The lowest BCUT2D eigenvalue weighted by Gasteiger charge is -2.04. The van der Waals surface area contributed by atoms with E-state index in [0.29, 0.717) is 12.7 Å². The molecular weight excluding hydrogens is 196 g/mol. The number of fused-ring (bicyclic) bond motifs is 1. The molecule has 0 amide bonds. The van der Waals surface area contributed by atoms with Gasteiger partial charge in [-0.1, -0.05) is 6.07 Å². The molecule has 0 aliphatic carbocycles. The third kappa shape index (κ3) is 1.49. The van der Waals surface area contributed by atoms with E-state index in [9.17, 15) is 0 Å². The summed E-state index contributed by atoms with van der Waals surface area (Å²) >= 11 is 1.74. The quantitative estimate of drug-likeness (QED) is 0.720. The first-order valence-electron chi connectivity index (χ1n) is 4.64. The zero-order valence-electron chi connectivity index (χ0n) is 7.60. The van der Waals surface area contributed by atoms with Crippen molar-refractivity contribution in [2.45, 2.75) is 6.10 Å². The maximum absolute atomic E-state index is 5.68. The smallest absolute Gasteiger partial charge is 0.128 e. The monoisotopic (exact) mass is 206 g/mol. The van der Waals surface area contributed by atoms with E-state index in [4.69, 9.17) is 9.47 Å². The normalized spacial score (nSPS) is 19.9. The number of hydrogen-bond donors (Lipinski definition) is 0. The fourth-order valence-corrected chi connectivity index (χ4v) is 2.24. The average molecular weight is 206 g/mol. The van der Waals surface area contributed by atoms with Gasteiger partial charge in [0, 0.05) is 10.1 Å². The van der Waals surface area contributed by atoms with E-state index in [1.54, 1.807) is 11.3 Å². The summed E-state index contributed by atoms with van der Waals surface area (Å²) in [6.07, 6.45) is 0.323. The highest BCUT2D eigenvalue weighted by atomic mass is 32.1. The molecule has 72 valence electrons. The van der Waals surface area contributed by atoms with E-state index in [1.807, 2.05) is 12.1 Å². The van der Waals surface area contributed by atoms with Gasteiger partial charge in [0.05, 0.1) is 6.61 Å². The van der Waals surface area contributed by atoms with E-state index in [1.165, 1.54) is 10.1 Å². The molecule has 2 heterocycles. The zero-order chi connectivity index (χ0) is 9.38. The predicted octanol–water partition coefficient (Wildman–Crippen LogP) is 2.68. The van der Waals surface area contributed by atoms with E-state index >= 15 is 0 Å². The van der Waals surface area contributed by atoms with Gasteiger partial charge in [0.25, 0.3) is 0 Å². The van der Waals surface area contributed by atoms with Gasteiger partial charge in [0.1, 0.15) is 18.5 Å². The lowest BCUT2D eigenvalue weighted by Crippen LogP contribution is -2.03. The van der Waals surface area contributed by atoms with Crippen LogP contribution in [0.2, 0.25) is 0 Å². The van der Waals surface area contributed by atoms with Crippen molar-refractivity contribution in [3.05, 3.63) is 29.6 Å². The summed E-state index contributed by atoms with van der Waals surface area (Å²) in [5.41, 5.74) is 0. The van der Waals surface area contributed by atoms with Crippen LogP contribution >= 0.6 is 11.3 Å². The third-order valence-corrected chi connectivity index (χ3v) is 3.17. The van der Waals surface area contributed by atoms with Crippen molar-refractivity contribution in [1.29, 1.82) is 0 Å². The summed E-state index contributed by atoms with van der Waals surface area (Å²) in [5, 5.41) is 3.30. The second-order valence-electron chi connectivity index (χ2n) is 3.35. The Hall–Kier alpha value is -1.06. The zero-order valence-corrected chi connectivity index (χ0v) is 8.42. The summed E-state index contributed by atoms with van der Waals surface area (Å²) in [4.78, 5) is 0. The molecule has 1 aromatic carbocycles. The molecule has 1 unspecified atom stereocenters. The Balaban J connectivity index is 1.89. The van der Waals surface area contributed by atoms with Gasteiger partial charge in [-0.05, 0) is 23.6 Å². The molecule has 0 spiro atoms. The highest BCUT2D eigenvalue weighted by molar-refractivity contribution is 7.17. The largest absolute Gasteiger partial charge is 0.490 e. The summed E-state index contributed by atoms with van der Waals surface area (Å²) < 4.78 is 12.1. The molecular formula is C11H10O2S. The van der Waals surface area contributed by atoms with Gasteiger partial charge in [0.15, 0.2) is 0 Å². The Morgan fingerprint density at radius 3 is 3.21 bits per heavy atom. The topological polar surface area (TPSA) is 21.8 Å². The third-order valence-electron chi connectivity index (χ3n) is 2.28. The SMILES string of the molecule is c1cc(OCC2CO2)c2ccsc2c1. The molecule has 0 saturated carbocycles. The van der Waals surface area contributed by atoms with Crippen LogP contribution in [-0.2, 0) is 4.74 Å². The first-order chi connectivity index (χ1) is 6.93. The Kier molecular flexibility index (Phi) is 1.92. The minimum absolute atomic E-state index is 0.323. The number of hydrogen-bond acceptors (Lipinski definition) is 3. The molecule has 1 atom stereocenters. The van der Waals surface area contributed by atoms with Crippen molar-refractivity contribution in [2.75, 3.05) is 13.2 Å². The van der Waals surface area contributed by atoms with Gasteiger partial charge in [-0.3, -0.25) is 0 Å². The molecule has 1 aliphatic heterocycles. The minimum atomic E-state index is 0.323. The van der Waals surface area contributed by atoms with Crippen molar-refractivity contribution in [3.63, 3.8) is 0 Å². The number of benzene rings is 1. The van der Waals surface area contributed by atoms with Gasteiger partial charge in [-0.25, -0.2) is 0 Å². The van der Waals surface area contributed by atoms with E-state index in [-0.39, 0.29) is 0 Å². The molecule has 14 heavy (non-hydrogen) atoms. The lowest BCUT2D eigenvalue weighted by molar-refractivity contribution is 0.265. The molecule has 1 aromatic heterocycles. The predicted molar refractivity (Wildman–Crippen MR) is 57.1 cm³/mol. The average Bonchev–Trinajstić information content (AvgIpc) is 2.91. The molecule has 3 heteroatoms. The minimum Gasteiger partial charge on any atom is -0.490 e. The van der Waals surface area contributed by atoms with Crippen molar-refractivity contribution in [1.82, 2.24) is 0 Å². The van der Waals surface area contributed by atoms with Crippen LogP contribution in [0.4, 0.5) is 0 Å². The molecule has 1 saturated heterocycles.